The number of carbonyl (C=O) groups excluding carboxylic acids is 2. The van der Waals surface area contributed by atoms with Crippen molar-refractivity contribution < 1.29 is 23.6 Å². The molecule has 166 valence electrons. The molecule has 2 amide bonds. The van der Waals surface area contributed by atoms with Gasteiger partial charge in [0.05, 0.1) is 26.3 Å². The maximum Gasteiger partial charge on any atom is 0.254 e. The fraction of sp³-hybridized carbons (Fsp3) is 0.304. The molecule has 0 atom stereocenters. The van der Waals surface area contributed by atoms with Crippen LogP contribution in [0.1, 0.15) is 29.1 Å². The Morgan fingerprint density at radius 1 is 1.16 bits per heavy atom. The second-order valence-corrected chi connectivity index (χ2v) is 7.43. The van der Waals surface area contributed by atoms with E-state index in [4.69, 9.17) is 14.0 Å². The maximum atomic E-state index is 12.8. The lowest BCUT2D eigenvalue weighted by atomic mass is 10.1. The first kappa shape index (κ1) is 21.4. The molecular weight excluding hydrogens is 412 g/mol. The second kappa shape index (κ2) is 9.09. The van der Waals surface area contributed by atoms with E-state index in [0.29, 0.717) is 47.3 Å². The van der Waals surface area contributed by atoms with Crippen molar-refractivity contribution in [3.63, 3.8) is 0 Å². The number of anilines is 1. The molecule has 3 aromatic rings. The number of aromatic nitrogens is 2. The van der Waals surface area contributed by atoms with E-state index < -0.39 is 0 Å². The number of methoxy groups -OCH3 is 2. The van der Waals surface area contributed by atoms with E-state index in [1.807, 2.05) is 0 Å². The van der Waals surface area contributed by atoms with Gasteiger partial charge < -0.3 is 23.8 Å². The van der Waals surface area contributed by atoms with Crippen molar-refractivity contribution >= 4 is 17.5 Å². The summed E-state index contributed by atoms with van der Waals surface area (Å²) < 4.78 is 15.9. The molecule has 1 fully saturated rings. The zero-order chi connectivity index (χ0) is 22.7. The Morgan fingerprint density at radius 3 is 2.59 bits per heavy atom. The molecule has 1 aromatic heterocycles. The van der Waals surface area contributed by atoms with Crippen LogP contribution in [0.3, 0.4) is 0 Å². The van der Waals surface area contributed by atoms with Crippen LogP contribution in [0.4, 0.5) is 5.69 Å². The largest absolute Gasteiger partial charge is 0.497 e. The molecule has 1 aliphatic rings. The smallest absolute Gasteiger partial charge is 0.254 e. The first-order valence-electron chi connectivity index (χ1n) is 10.2. The Bertz CT molecular complexity index is 1130. The lowest BCUT2D eigenvalue weighted by Crippen LogP contribution is -2.27. The summed E-state index contributed by atoms with van der Waals surface area (Å²) in [5.74, 6) is 1.79. The number of amides is 2. The molecule has 0 saturated carbocycles. The molecule has 0 bridgehead atoms. The summed E-state index contributed by atoms with van der Waals surface area (Å²) in [6, 6.07) is 12.3. The van der Waals surface area contributed by atoms with Crippen LogP contribution in [0.2, 0.25) is 0 Å². The van der Waals surface area contributed by atoms with Crippen LogP contribution in [0.25, 0.3) is 11.4 Å². The minimum Gasteiger partial charge on any atom is -0.497 e. The fourth-order valence-corrected chi connectivity index (χ4v) is 3.61. The predicted octanol–water partition coefficient (Wildman–Crippen LogP) is 3.15. The van der Waals surface area contributed by atoms with Crippen LogP contribution in [0.5, 0.6) is 11.5 Å². The van der Waals surface area contributed by atoms with Gasteiger partial charge in [-0.1, -0.05) is 5.16 Å². The molecule has 2 heterocycles. The Kier molecular flexibility index (Phi) is 6.07. The van der Waals surface area contributed by atoms with Crippen LogP contribution < -0.4 is 14.4 Å². The highest BCUT2D eigenvalue weighted by atomic mass is 16.5. The standard InChI is InChI=1S/C23H24N4O5/c1-26(23(29)15-6-8-16(9-7-15)27-12-4-5-21(27)28)14-20-24-22(25-32-20)18-11-10-17(30-2)13-19(18)31-3/h6-11,13H,4-5,12,14H2,1-3H3. The normalized spacial score (nSPS) is 13.3. The third-order valence-corrected chi connectivity index (χ3v) is 5.34. The summed E-state index contributed by atoms with van der Waals surface area (Å²) in [5, 5.41) is 4.02. The summed E-state index contributed by atoms with van der Waals surface area (Å²) in [4.78, 5) is 32.3. The zero-order valence-corrected chi connectivity index (χ0v) is 18.2. The van der Waals surface area contributed by atoms with Crippen molar-refractivity contribution in [1.82, 2.24) is 15.0 Å². The molecule has 1 saturated heterocycles. The van der Waals surface area contributed by atoms with Gasteiger partial charge in [-0.15, -0.1) is 0 Å². The molecule has 4 rings (SSSR count). The number of hydrogen-bond acceptors (Lipinski definition) is 7. The molecule has 0 spiro atoms. The number of nitrogens with zero attached hydrogens (tertiary/aromatic N) is 4. The number of ether oxygens (including phenoxy) is 2. The van der Waals surface area contributed by atoms with E-state index in [2.05, 4.69) is 10.1 Å². The van der Waals surface area contributed by atoms with E-state index in [1.165, 1.54) is 4.90 Å². The monoisotopic (exact) mass is 436 g/mol. The average Bonchev–Trinajstić information content (AvgIpc) is 3.47. The molecule has 0 N–H and O–H groups in total. The average molecular weight is 436 g/mol. The van der Waals surface area contributed by atoms with Gasteiger partial charge in [0, 0.05) is 37.3 Å². The van der Waals surface area contributed by atoms with Crippen LogP contribution >= 0.6 is 0 Å². The van der Waals surface area contributed by atoms with Crippen molar-refractivity contribution in [3.05, 3.63) is 53.9 Å². The minimum atomic E-state index is -0.189. The molecule has 9 heteroatoms. The zero-order valence-electron chi connectivity index (χ0n) is 18.2. The van der Waals surface area contributed by atoms with E-state index in [0.717, 1.165) is 12.1 Å². The Hall–Kier alpha value is -3.88. The van der Waals surface area contributed by atoms with Gasteiger partial charge in [0.1, 0.15) is 11.5 Å². The fourth-order valence-electron chi connectivity index (χ4n) is 3.61. The molecule has 32 heavy (non-hydrogen) atoms. The van der Waals surface area contributed by atoms with Gasteiger partial charge in [-0.05, 0) is 42.8 Å². The van der Waals surface area contributed by atoms with Crippen LogP contribution in [-0.2, 0) is 11.3 Å². The number of carbonyl (C=O) groups is 2. The van der Waals surface area contributed by atoms with Gasteiger partial charge in [-0.2, -0.15) is 4.98 Å². The van der Waals surface area contributed by atoms with Crippen molar-refractivity contribution in [1.29, 1.82) is 0 Å². The highest BCUT2D eigenvalue weighted by Gasteiger charge is 2.22. The second-order valence-electron chi connectivity index (χ2n) is 7.43. The quantitative estimate of drug-likeness (QED) is 0.561. The summed E-state index contributed by atoms with van der Waals surface area (Å²) in [6.45, 7) is 0.862. The first-order valence-corrected chi connectivity index (χ1v) is 10.2. The summed E-state index contributed by atoms with van der Waals surface area (Å²) in [6.07, 6.45) is 1.43. The molecular formula is C23H24N4O5. The van der Waals surface area contributed by atoms with Gasteiger partial charge in [0.25, 0.3) is 5.91 Å². The SMILES string of the molecule is COc1ccc(-c2noc(CN(C)C(=O)c3ccc(N4CCCC4=O)cc3)n2)c(OC)c1. The summed E-state index contributed by atoms with van der Waals surface area (Å²) in [5.41, 5.74) is 1.98. The van der Waals surface area contributed by atoms with Gasteiger partial charge >= 0.3 is 0 Å². The van der Waals surface area contributed by atoms with E-state index in [9.17, 15) is 9.59 Å². The number of benzene rings is 2. The van der Waals surface area contributed by atoms with E-state index in [-0.39, 0.29) is 18.4 Å². The molecule has 0 aliphatic carbocycles. The van der Waals surface area contributed by atoms with Crippen molar-refractivity contribution in [2.45, 2.75) is 19.4 Å². The van der Waals surface area contributed by atoms with Gasteiger partial charge in [0.15, 0.2) is 0 Å². The minimum absolute atomic E-state index is 0.113. The van der Waals surface area contributed by atoms with Gasteiger partial charge in [-0.3, -0.25) is 9.59 Å². The maximum absolute atomic E-state index is 12.8. The highest BCUT2D eigenvalue weighted by Crippen LogP contribution is 2.31. The van der Waals surface area contributed by atoms with Crippen molar-refractivity contribution in [3.8, 4) is 22.9 Å². The molecule has 2 aromatic carbocycles. The molecule has 0 radical (unpaired) electrons. The highest BCUT2D eigenvalue weighted by molar-refractivity contribution is 5.97. The Morgan fingerprint density at radius 2 is 1.94 bits per heavy atom. The number of hydrogen-bond donors (Lipinski definition) is 0. The van der Waals surface area contributed by atoms with Crippen molar-refractivity contribution in [2.75, 3.05) is 32.7 Å². The molecule has 0 unspecified atom stereocenters. The summed E-state index contributed by atoms with van der Waals surface area (Å²) >= 11 is 0. The van der Waals surface area contributed by atoms with E-state index >= 15 is 0 Å². The van der Waals surface area contributed by atoms with Gasteiger partial charge in [0.2, 0.25) is 17.6 Å². The molecule has 1 aliphatic heterocycles. The Balaban J connectivity index is 1.44. The van der Waals surface area contributed by atoms with Crippen LogP contribution in [0.15, 0.2) is 47.0 Å². The van der Waals surface area contributed by atoms with Crippen LogP contribution in [-0.4, -0.2) is 54.7 Å². The topological polar surface area (TPSA) is 98.0 Å². The van der Waals surface area contributed by atoms with E-state index in [1.54, 1.807) is 68.6 Å². The summed E-state index contributed by atoms with van der Waals surface area (Å²) in [7, 11) is 4.79. The lowest BCUT2D eigenvalue weighted by Gasteiger charge is -2.18. The third-order valence-electron chi connectivity index (χ3n) is 5.34. The number of rotatable bonds is 7. The lowest BCUT2D eigenvalue weighted by molar-refractivity contribution is -0.117. The predicted molar refractivity (Wildman–Crippen MR) is 117 cm³/mol. The van der Waals surface area contributed by atoms with Gasteiger partial charge in [-0.25, -0.2) is 0 Å². The molecule has 9 nitrogen and oxygen atoms in total. The van der Waals surface area contributed by atoms with Crippen molar-refractivity contribution in [2.24, 2.45) is 0 Å². The third kappa shape index (κ3) is 4.27. The first-order chi connectivity index (χ1) is 15.5. The van der Waals surface area contributed by atoms with Crippen LogP contribution in [0, 0.1) is 0 Å². The Labute approximate surface area is 185 Å².